The van der Waals surface area contributed by atoms with Crippen LogP contribution in [0, 0.1) is 0 Å². The Morgan fingerprint density at radius 3 is 2.28 bits per heavy atom. The van der Waals surface area contributed by atoms with Gasteiger partial charge in [-0.3, -0.25) is 4.72 Å². The number of phenols is 1. The SMILES string of the molecule is O=C(O)c1cc(O)ccc1NS(=O)(=O)C(F)(F)F. The van der Waals surface area contributed by atoms with Gasteiger partial charge in [-0.05, 0) is 18.2 Å². The van der Waals surface area contributed by atoms with Crippen LogP contribution < -0.4 is 4.72 Å². The fourth-order valence-electron chi connectivity index (χ4n) is 1.00. The number of aromatic carboxylic acids is 1. The molecule has 0 aliphatic rings. The number of rotatable bonds is 3. The maximum Gasteiger partial charge on any atom is 0.516 e. The summed E-state index contributed by atoms with van der Waals surface area (Å²) in [6.45, 7) is 0. The molecule has 1 aromatic rings. The first kappa shape index (κ1) is 14.1. The van der Waals surface area contributed by atoms with Crippen molar-refractivity contribution < 1.29 is 36.6 Å². The zero-order chi connectivity index (χ0) is 14.1. The molecule has 0 radical (unpaired) electrons. The molecule has 18 heavy (non-hydrogen) atoms. The summed E-state index contributed by atoms with van der Waals surface area (Å²) in [4.78, 5) is 10.7. The third kappa shape index (κ3) is 2.83. The Morgan fingerprint density at radius 2 is 1.83 bits per heavy atom. The van der Waals surface area contributed by atoms with Crippen molar-refractivity contribution >= 4 is 21.7 Å². The van der Waals surface area contributed by atoms with Gasteiger partial charge in [-0.25, -0.2) is 4.79 Å². The molecule has 0 spiro atoms. The molecule has 1 aromatic carbocycles. The molecule has 0 atom stereocenters. The summed E-state index contributed by atoms with van der Waals surface area (Å²) in [5.74, 6) is -2.21. The molecular formula is C8H6F3NO5S. The van der Waals surface area contributed by atoms with E-state index in [1.807, 2.05) is 0 Å². The van der Waals surface area contributed by atoms with Gasteiger partial charge in [-0.1, -0.05) is 0 Å². The fraction of sp³-hybridized carbons (Fsp3) is 0.125. The predicted molar refractivity (Wildman–Crippen MR) is 53.7 cm³/mol. The van der Waals surface area contributed by atoms with Gasteiger partial charge in [-0.15, -0.1) is 0 Å². The molecule has 0 bridgehead atoms. The third-order valence-electron chi connectivity index (χ3n) is 1.78. The second kappa shape index (κ2) is 4.37. The normalized spacial score (nSPS) is 12.2. The van der Waals surface area contributed by atoms with Crippen molar-refractivity contribution in [2.24, 2.45) is 0 Å². The van der Waals surface area contributed by atoms with Crippen LogP contribution in [0.2, 0.25) is 0 Å². The highest BCUT2D eigenvalue weighted by Crippen LogP contribution is 2.28. The zero-order valence-electron chi connectivity index (χ0n) is 8.39. The Kier molecular flexibility index (Phi) is 3.42. The summed E-state index contributed by atoms with van der Waals surface area (Å²) in [6, 6.07) is 2.18. The van der Waals surface area contributed by atoms with Gasteiger partial charge in [-0.2, -0.15) is 21.6 Å². The summed E-state index contributed by atoms with van der Waals surface area (Å²) < 4.78 is 58.9. The lowest BCUT2D eigenvalue weighted by Gasteiger charge is -2.12. The summed E-state index contributed by atoms with van der Waals surface area (Å²) in [7, 11) is -5.71. The maximum absolute atomic E-state index is 12.1. The number of benzene rings is 1. The molecule has 0 fully saturated rings. The Bertz CT molecular complexity index is 581. The molecule has 0 unspecified atom stereocenters. The van der Waals surface area contributed by atoms with E-state index >= 15 is 0 Å². The zero-order valence-corrected chi connectivity index (χ0v) is 9.21. The monoisotopic (exact) mass is 285 g/mol. The number of sulfonamides is 1. The average molecular weight is 285 g/mol. The van der Waals surface area contributed by atoms with Crippen LogP contribution in [0.3, 0.4) is 0 Å². The van der Waals surface area contributed by atoms with Gasteiger partial charge in [0.15, 0.2) is 0 Å². The Hall–Kier alpha value is -1.97. The topological polar surface area (TPSA) is 104 Å². The molecule has 6 nitrogen and oxygen atoms in total. The quantitative estimate of drug-likeness (QED) is 0.727. The molecule has 0 aromatic heterocycles. The Labute approximate surface area is 98.7 Å². The molecule has 0 amide bonds. The van der Waals surface area contributed by atoms with Crippen molar-refractivity contribution in [1.82, 2.24) is 0 Å². The van der Waals surface area contributed by atoms with E-state index in [1.54, 1.807) is 0 Å². The first-order valence-electron chi connectivity index (χ1n) is 4.20. The second-order valence-corrected chi connectivity index (χ2v) is 4.76. The van der Waals surface area contributed by atoms with E-state index < -0.39 is 38.5 Å². The van der Waals surface area contributed by atoms with Gasteiger partial charge in [0.05, 0.1) is 11.3 Å². The minimum Gasteiger partial charge on any atom is -0.508 e. The molecule has 1 rings (SSSR count). The number of nitrogens with one attached hydrogen (secondary N) is 1. The van der Waals surface area contributed by atoms with E-state index in [0.29, 0.717) is 12.1 Å². The average Bonchev–Trinajstić information content (AvgIpc) is 2.18. The number of hydrogen-bond acceptors (Lipinski definition) is 4. The number of anilines is 1. The van der Waals surface area contributed by atoms with Crippen molar-refractivity contribution in [3.63, 3.8) is 0 Å². The third-order valence-corrected chi connectivity index (χ3v) is 2.88. The standard InChI is InChI=1S/C8H6F3NO5S/c9-8(10,11)18(16,17)12-6-2-1-4(13)3-5(6)7(14)15/h1-3,12-13H,(H,14,15). The number of alkyl halides is 3. The first-order chi connectivity index (χ1) is 8.04. The summed E-state index contributed by atoms with van der Waals surface area (Å²) in [6.07, 6.45) is 0. The van der Waals surface area contributed by atoms with E-state index in [9.17, 15) is 26.4 Å². The number of carbonyl (C=O) groups is 1. The lowest BCUT2D eigenvalue weighted by atomic mass is 10.2. The van der Waals surface area contributed by atoms with Gasteiger partial charge < -0.3 is 10.2 Å². The van der Waals surface area contributed by atoms with Crippen LogP contribution in [0.25, 0.3) is 0 Å². The molecule has 10 heteroatoms. The predicted octanol–water partition coefficient (Wildman–Crippen LogP) is 1.35. The molecule has 0 aliphatic carbocycles. The molecule has 0 heterocycles. The maximum atomic E-state index is 12.1. The summed E-state index contributed by atoms with van der Waals surface area (Å²) in [5, 5.41) is 17.6. The minimum absolute atomic E-state index is 0.526. The lowest BCUT2D eigenvalue weighted by molar-refractivity contribution is -0.0429. The minimum atomic E-state index is -5.71. The van der Waals surface area contributed by atoms with Crippen molar-refractivity contribution in [2.45, 2.75) is 5.51 Å². The van der Waals surface area contributed by atoms with Crippen LogP contribution >= 0.6 is 0 Å². The van der Waals surface area contributed by atoms with Crippen LogP contribution in [0.4, 0.5) is 18.9 Å². The number of hydrogen-bond donors (Lipinski definition) is 3. The van der Waals surface area contributed by atoms with E-state index in [-0.39, 0.29) is 0 Å². The van der Waals surface area contributed by atoms with Gasteiger partial charge >= 0.3 is 21.5 Å². The fourth-order valence-corrected chi connectivity index (χ4v) is 1.58. The first-order valence-corrected chi connectivity index (χ1v) is 5.68. The second-order valence-electron chi connectivity index (χ2n) is 3.09. The van der Waals surface area contributed by atoms with E-state index in [1.165, 1.54) is 0 Å². The largest absolute Gasteiger partial charge is 0.516 e. The van der Waals surface area contributed by atoms with Crippen molar-refractivity contribution in [3.8, 4) is 5.75 Å². The van der Waals surface area contributed by atoms with Gasteiger partial charge in [0.2, 0.25) is 0 Å². The van der Waals surface area contributed by atoms with E-state index in [2.05, 4.69) is 0 Å². The number of aromatic hydroxyl groups is 1. The molecular weight excluding hydrogens is 279 g/mol. The van der Waals surface area contributed by atoms with Crippen molar-refractivity contribution in [1.29, 1.82) is 0 Å². The highest BCUT2D eigenvalue weighted by Gasteiger charge is 2.46. The molecule has 0 saturated carbocycles. The number of carboxylic acids is 1. The number of carboxylic acid groups (broad SMARTS) is 1. The Balaban J connectivity index is 3.25. The van der Waals surface area contributed by atoms with E-state index in [0.717, 1.165) is 10.8 Å². The molecule has 0 saturated heterocycles. The van der Waals surface area contributed by atoms with E-state index in [4.69, 9.17) is 10.2 Å². The highest BCUT2D eigenvalue weighted by molar-refractivity contribution is 7.93. The smallest absolute Gasteiger partial charge is 0.508 e. The van der Waals surface area contributed by atoms with Crippen LogP contribution in [0.5, 0.6) is 5.75 Å². The molecule has 3 N–H and O–H groups in total. The van der Waals surface area contributed by atoms with Gasteiger partial charge in [0.25, 0.3) is 0 Å². The summed E-state index contributed by atoms with van der Waals surface area (Å²) >= 11 is 0. The van der Waals surface area contributed by atoms with Crippen LogP contribution in [-0.4, -0.2) is 30.1 Å². The molecule has 100 valence electrons. The van der Waals surface area contributed by atoms with Crippen LogP contribution in [-0.2, 0) is 10.0 Å². The number of halogens is 3. The van der Waals surface area contributed by atoms with Crippen LogP contribution in [0.1, 0.15) is 10.4 Å². The number of phenolic OH excluding ortho intramolecular Hbond substituents is 1. The molecule has 0 aliphatic heterocycles. The van der Waals surface area contributed by atoms with Crippen molar-refractivity contribution in [3.05, 3.63) is 23.8 Å². The van der Waals surface area contributed by atoms with Gasteiger partial charge in [0.1, 0.15) is 5.75 Å². The summed E-state index contributed by atoms with van der Waals surface area (Å²) in [5.41, 5.74) is -7.17. The highest BCUT2D eigenvalue weighted by atomic mass is 32.2. The lowest BCUT2D eigenvalue weighted by Crippen LogP contribution is -2.30. The Morgan fingerprint density at radius 1 is 1.28 bits per heavy atom. The van der Waals surface area contributed by atoms with Crippen LogP contribution in [0.15, 0.2) is 18.2 Å². The van der Waals surface area contributed by atoms with Gasteiger partial charge in [0, 0.05) is 0 Å². The van der Waals surface area contributed by atoms with Crippen molar-refractivity contribution in [2.75, 3.05) is 4.72 Å².